The number of ether oxygens (including phenoxy) is 4. The van der Waals surface area contributed by atoms with E-state index in [1.54, 1.807) is 12.1 Å². The fourth-order valence-electron chi connectivity index (χ4n) is 2.79. The van der Waals surface area contributed by atoms with Crippen LogP contribution in [0.3, 0.4) is 0 Å². The zero-order chi connectivity index (χ0) is 21.0. The van der Waals surface area contributed by atoms with Gasteiger partial charge in [-0.2, -0.15) is 0 Å². The lowest BCUT2D eigenvalue weighted by molar-refractivity contribution is -0.115. The maximum absolute atomic E-state index is 12.6. The van der Waals surface area contributed by atoms with Crippen LogP contribution >= 0.6 is 15.9 Å². The SMILES string of the molecule is COC(=O)c1cc(NC(=O)Cc2cc3c(cc2Br)OCCO3)cc(C(=O)OC)c1. The van der Waals surface area contributed by atoms with Gasteiger partial charge in [0.05, 0.1) is 31.8 Å². The van der Waals surface area contributed by atoms with Crippen LogP contribution in [0.2, 0.25) is 0 Å². The summed E-state index contributed by atoms with van der Waals surface area (Å²) < 4.78 is 21.1. The molecule has 0 saturated carbocycles. The van der Waals surface area contributed by atoms with Crippen molar-refractivity contribution in [3.8, 4) is 11.5 Å². The minimum atomic E-state index is -0.638. The first kappa shape index (κ1) is 20.7. The highest BCUT2D eigenvalue weighted by molar-refractivity contribution is 9.10. The lowest BCUT2D eigenvalue weighted by Crippen LogP contribution is -2.18. The number of methoxy groups -OCH3 is 2. The van der Waals surface area contributed by atoms with Gasteiger partial charge >= 0.3 is 11.9 Å². The van der Waals surface area contributed by atoms with Crippen LogP contribution in [0, 0.1) is 0 Å². The van der Waals surface area contributed by atoms with E-state index < -0.39 is 11.9 Å². The van der Waals surface area contributed by atoms with Crippen molar-refractivity contribution in [2.24, 2.45) is 0 Å². The Bertz CT molecular complexity index is 939. The molecule has 0 atom stereocenters. The molecular formula is C20H18BrNO7. The number of nitrogens with one attached hydrogen (secondary N) is 1. The molecule has 1 N–H and O–H groups in total. The van der Waals surface area contributed by atoms with Crippen LogP contribution in [-0.2, 0) is 20.7 Å². The van der Waals surface area contributed by atoms with Gasteiger partial charge in [0.25, 0.3) is 0 Å². The molecule has 0 unspecified atom stereocenters. The topological polar surface area (TPSA) is 100 Å². The summed E-state index contributed by atoms with van der Waals surface area (Å²) in [5.41, 5.74) is 1.20. The second kappa shape index (κ2) is 8.95. The number of hydrogen-bond donors (Lipinski definition) is 1. The molecule has 1 amide bonds. The number of carbonyl (C=O) groups excluding carboxylic acids is 3. The standard InChI is InChI=1S/C20H18BrNO7/c1-26-19(24)12-5-13(20(25)27-2)7-14(6-12)22-18(23)9-11-8-16-17(10-15(11)21)29-4-3-28-16/h5-8,10H,3-4,9H2,1-2H3,(H,22,23). The number of benzene rings is 2. The van der Waals surface area contributed by atoms with E-state index in [9.17, 15) is 14.4 Å². The summed E-state index contributed by atoms with van der Waals surface area (Å²) in [6.45, 7) is 0.912. The smallest absolute Gasteiger partial charge is 0.337 e. The van der Waals surface area contributed by atoms with E-state index >= 15 is 0 Å². The quantitative estimate of drug-likeness (QED) is 0.680. The molecule has 8 nitrogen and oxygen atoms in total. The number of fused-ring (bicyclic) bond motifs is 1. The number of esters is 2. The van der Waals surface area contributed by atoms with Crippen molar-refractivity contribution in [2.45, 2.75) is 6.42 Å². The third-order valence-electron chi connectivity index (χ3n) is 4.12. The van der Waals surface area contributed by atoms with Crippen molar-refractivity contribution < 1.29 is 33.3 Å². The molecule has 0 saturated heterocycles. The van der Waals surface area contributed by atoms with E-state index in [0.717, 1.165) is 0 Å². The molecule has 29 heavy (non-hydrogen) atoms. The molecule has 9 heteroatoms. The zero-order valence-electron chi connectivity index (χ0n) is 15.7. The highest BCUT2D eigenvalue weighted by atomic mass is 79.9. The molecule has 0 aromatic heterocycles. The van der Waals surface area contributed by atoms with Crippen LogP contribution in [0.15, 0.2) is 34.8 Å². The van der Waals surface area contributed by atoms with Gasteiger partial charge in [0.15, 0.2) is 11.5 Å². The predicted molar refractivity (Wildman–Crippen MR) is 107 cm³/mol. The molecule has 0 spiro atoms. The monoisotopic (exact) mass is 463 g/mol. The maximum Gasteiger partial charge on any atom is 0.337 e. The number of amides is 1. The minimum absolute atomic E-state index is 0.0350. The molecule has 2 aromatic rings. The Kier molecular flexibility index (Phi) is 6.38. The first-order valence-corrected chi connectivity index (χ1v) is 9.40. The van der Waals surface area contributed by atoms with Crippen LogP contribution in [0.25, 0.3) is 0 Å². The molecule has 0 aliphatic carbocycles. The summed E-state index contributed by atoms with van der Waals surface area (Å²) in [5.74, 6) is -0.439. The van der Waals surface area contributed by atoms with Gasteiger partial charge in [0, 0.05) is 10.2 Å². The molecule has 1 aliphatic heterocycles. The third kappa shape index (κ3) is 4.86. The third-order valence-corrected chi connectivity index (χ3v) is 4.86. The van der Waals surface area contributed by atoms with E-state index in [1.165, 1.54) is 32.4 Å². The van der Waals surface area contributed by atoms with Gasteiger partial charge < -0.3 is 24.3 Å². The van der Waals surface area contributed by atoms with Crippen LogP contribution in [-0.4, -0.2) is 45.3 Å². The number of halogens is 1. The molecule has 0 fully saturated rings. The van der Waals surface area contributed by atoms with E-state index in [1.807, 2.05) is 0 Å². The van der Waals surface area contributed by atoms with Crippen molar-refractivity contribution in [1.82, 2.24) is 0 Å². The van der Waals surface area contributed by atoms with Gasteiger partial charge in [0.1, 0.15) is 13.2 Å². The summed E-state index contributed by atoms with van der Waals surface area (Å²) in [7, 11) is 2.45. The summed E-state index contributed by atoms with van der Waals surface area (Å²) in [6, 6.07) is 7.68. The number of anilines is 1. The summed E-state index contributed by atoms with van der Waals surface area (Å²) in [5, 5.41) is 2.69. The first-order valence-electron chi connectivity index (χ1n) is 8.61. The zero-order valence-corrected chi connectivity index (χ0v) is 17.3. The van der Waals surface area contributed by atoms with Crippen molar-refractivity contribution in [3.63, 3.8) is 0 Å². The van der Waals surface area contributed by atoms with Crippen molar-refractivity contribution >= 4 is 39.5 Å². The van der Waals surface area contributed by atoms with E-state index in [-0.39, 0.29) is 29.1 Å². The molecule has 152 valence electrons. The molecular weight excluding hydrogens is 446 g/mol. The Balaban J connectivity index is 1.81. The molecule has 1 heterocycles. The summed E-state index contributed by atoms with van der Waals surface area (Å²) in [6.07, 6.45) is 0.0350. The van der Waals surface area contributed by atoms with Crippen molar-refractivity contribution in [3.05, 3.63) is 51.5 Å². The average Bonchev–Trinajstić information content (AvgIpc) is 2.72. The largest absolute Gasteiger partial charge is 0.486 e. The van der Waals surface area contributed by atoms with Crippen LogP contribution in [0.5, 0.6) is 11.5 Å². The average molecular weight is 464 g/mol. The Labute approximate surface area is 175 Å². The first-order chi connectivity index (χ1) is 13.9. The Morgan fingerprint density at radius 3 is 2.03 bits per heavy atom. The van der Waals surface area contributed by atoms with E-state index in [4.69, 9.17) is 18.9 Å². The van der Waals surface area contributed by atoms with Gasteiger partial charge in [-0.25, -0.2) is 9.59 Å². The van der Waals surface area contributed by atoms with Gasteiger partial charge in [-0.3, -0.25) is 4.79 Å². The molecule has 0 radical (unpaired) electrons. The second-order valence-electron chi connectivity index (χ2n) is 6.09. The lowest BCUT2D eigenvalue weighted by Gasteiger charge is -2.20. The molecule has 3 rings (SSSR count). The minimum Gasteiger partial charge on any atom is -0.486 e. The second-order valence-corrected chi connectivity index (χ2v) is 6.95. The van der Waals surface area contributed by atoms with Crippen molar-refractivity contribution in [1.29, 1.82) is 0 Å². The van der Waals surface area contributed by atoms with E-state index in [0.29, 0.717) is 34.7 Å². The highest BCUT2D eigenvalue weighted by Crippen LogP contribution is 2.35. The van der Waals surface area contributed by atoms with Gasteiger partial charge in [-0.15, -0.1) is 0 Å². The number of carbonyl (C=O) groups is 3. The van der Waals surface area contributed by atoms with Gasteiger partial charge in [-0.05, 0) is 35.9 Å². The Morgan fingerprint density at radius 2 is 1.48 bits per heavy atom. The summed E-state index contributed by atoms with van der Waals surface area (Å²) >= 11 is 3.43. The van der Waals surface area contributed by atoms with Crippen LogP contribution in [0.1, 0.15) is 26.3 Å². The predicted octanol–water partition coefficient (Wildman–Crippen LogP) is 2.97. The van der Waals surface area contributed by atoms with Gasteiger partial charge in [0.2, 0.25) is 5.91 Å². The number of rotatable bonds is 5. The normalized spacial score (nSPS) is 12.1. The molecule has 2 aromatic carbocycles. The highest BCUT2D eigenvalue weighted by Gasteiger charge is 2.18. The fourth-order valence-corrected chi connectivity index (χ4v) is 3.25. The number of hydrogen-bond acceptors (Lipinski definition) is 7. The van der Waals surface area contributed by atoms with Gasteiger partial charge in [-0.1, -0.05) is 15.9 Å². The Morgan fingerprint density at radius 1 is 0.931 bits per heavy atom. The van der Waals surface area contributed by atoms with Crippen LogP contribution < -0.4 is 14.8 Å². The lowest BCUT2D eigenvalue weighted by atomic mass is 10.1. The summed E-state index contributed by atoms with van der Waals surface area (Å²) in [4.78, 5) is 36.3. The molecule has 1 aliphatic rings. The van der Waals surface area contributed by atoms with Crippen LogP contribution in [0.4, 0.5) is 5.69 Å². The fraction of sp³-hybridized carbons (Fsp3) is 0.250. The van der Waals surface area contributed by atoms with Crippen molar-refractivity contribution in [2.75, 3.05) is 32.8 Å². The maximum atomic E-state index is 12.6. The molecule has 0 bridgehead atoms. The van der Waals surface area contributed by atoms with E-state index in [2.05, 4.69) is 21.2 Å². The Hall–Kier alpha value is -3.07.